The molecule has 0 saturated heterocycles. The third-order valence-corrected chi connectivity index (χ3v) is 5.34. The van der Waals surface area contributed by atoms with Crippen LogP contribution in [0, 0.1) is 0 Å². The normalized spacial score (nSPS) is 13.4. The standard InChI is InChI=1S/C17H16N2O5S/c20-15(9-10-25(22,23)12-5-2-1-3-6-12)18-13-7-4-8-14-17(13)24-11-16(21)19-14/h1-8H,9-11H2,(H,18,20)(H,19,21). The topological polar surface area (TPSA) is 102 Å². The maximum atomic E-state index is 12.2. The molecule has 0 fully saturated rings. The minimum atomic E-state index is -3.52. The van der Waals surface area contributed by atoms with Gasteiger partial charge in [-0.25, -0.2) is 8.42 Å². The van der Waals surface area contributed by atoms with Crippen molar-refractivity contribution >= 4 is 33.0 Å². The maximum Gasteiger partial charge on any atom is 0.262 e. The summed E-state index contributed by atoms with van der Waals surface area (Å²) >= 11 is 0. The van der Waals surface area contributed by atoms with Gasteiger partial charge in [-0.3, -0.25) is 9.59 Å². The average Bonchev–Trinajstić information content (AvgIpc) is 2.61. The lowest BCUT2D eigenvalue weighted by Gasteiger charge is -2.20. The molecule has 1 aliphatic rings. The Balaban J connectivity index is 1.66. The summed E-state index contributed by atoms with van der Waals surface area (Å²) in [6.45, 7) is -0.137. The lowest BCUT2D eigenvalue weighted by molar-refractivity contribution is -0.118. The summed E-state index contributed by atoms with van der Waals surface area (Å²) in [6.07, 6.45) is -0.187. The van der Waals surface area contributed by atoms with Crippen LogP contribution in [0.5, 0.6) is 5.75 Å². The summed E-state index contributed by atoms with van der Waals surface area (Å²) in [5.41, 5.74) is 0.852. The highest BCUT2D eigenvalue weighted by Gasteiger charge is 2.21. The van der Waals surface area contributed by atoms with Crippen LogP contribution in [-0.2, 0) is 19.4 Å². The SMILES string of the molecule is O=C(CCS(=O)(=O)c1ccccc1)Nc1cccc2c1OCC(=O)N2. The number of amides is 2. The summed E-state index contributed by atoms with van der Waals surface area (Å²) in [5.74, 6) is -0.658. The summed E-state index contributed by atoms with van der Waals surface area (Å²) in [6, 6.07) is 12.9. The minimum absolute atomic E-state index is 0.137. The molecule has 2 aromatic carbocycles. The number of benzene rings is 2. The average molecular weight is 360 g/mol. The molecule has 8 heteroatoms. The van der Waals surface area contributed by atoms with Crippen molar-refractivity contribution in [3.05, 3.63) is 48.5 Å². The van der Waals surface area contributed by atoms with E-state index in [1.54, 1.807) is 36.4 Å². The number of carbonyl (C=O) groups is 2. The summed E-state index contributed by atoms with van der Waals surface area (Å²) in [7, 11) is -3.52. The molecule has 0 atom stereocenters. The number of fused-ring (bicyclic) bond motifs is 1. The van der Waals surface area contributed by atoms with Gasteiger partial charge in [0.1, 0.15) is 0 Å². The van der Waals surface area contributed by atoms with Gasteiger partial charge in [-0.05, 0) is 24.3 Å². The maximum absolute atomic E-state index is 12.2. The molecule has 0 spiro atoms. The molecule has 7 nitrogen and oxygen atoms in total. The molecule has 1 heterocycles. The largest absolute Gasteiger partial charge is 0.479 e. The van der Waals surface area contributed by atoms with E-state index in [1.807, 2.05) is 0 Å². The lowest BCUT2D eigenvalue weighted by Crippen LogP contribution is -2.26. The first-order valence-corrected chi connectivity index (χ1v) is 9.24. The van der Waals surface area contributed by atoms with Crippen molar-refractivity contribution in [2.24, 2.45) is 0 Å². The van der Waals surface area contributed by atoms with Crippen molar-refractivity contribution in [3.8, 4) is 5.75 Å². The highest BCUT2D eigenvalue weighted by Crippen LogP contribution is 2.35. The number of hydrogen-bond acceptors (Lipinski definition) is 5. The number of hydrogen-bond donors (Lipinski definition) is 2. The lowest BCUT2D eigenvalue weighted by atomic mass is 10.2. The number of carbonyl (C=O) groups excluding carboxylic acids is 2. The van der Waals surface area contributed by atoms with Crippen LogP contribution in [0.3, 0.4) is 0 Å². The quantitative estimate of drug-likeness (QED) is 0.847. The van der Waals surface area contributed by atoms with Gasteiger partial charge in [-0.15, -0.1) is 0 Å². The zero-order valence-electron chi connectivity index (χ0n) is 13.2. The van der Waals surface area contributed by atoms with Crippen molar-refractivity contribution in [3.63, 3.8) is 0 Å². The highest BCUT2D eigenvalue weighted by molar-refractivity contribution is 7.91. The number of nitrogens with one attached hydrogen (secondary N) is 2. The Morgan fingerprint density at radius 3 is 2.64 bits per heavy atom. The van der Waals surface area contributed by atoms with Crippen LogP contribution >= 0.6 is 0 Å². The van der Waals surface area contributed by atoms with Gasteiger partial charge in [0.15, 0.2) is 22.2 Å². The Morgan fingerprint density at radius 2 is 1.88 bits per heavy atom. The zero-order chi connectivity index (χ0) is 17.9. The first kappa shape index (κ1) is 17.0. The molecular formula is C17H16N2O5S. The first-order valence-electron chi connectivity index (χ1n) is 7.59. The molecule has 1 aliphatic heterocycles. The Bertz CT molecular complexity index is 910. The van der Waals surface area contributed by atoms with E-state index >= 15 is 0 Å². The molecule has 0 bridgehead atoms. The Hall–Kier alpha value is -2.87. The molecular weight excluding hydrogens is 344 g/mol. The van der Waals surface area contributed by atoms with Gasteiger partial charge in [0.25, 0.3) is 5.91 Å². The minimum Gasteiger partial charge on any atom is -0.479 e. The molecule has 2 aromatic rings. The second-order valence-corrected chi connectivity index (χ2v) is 7.56. The molecule has 0 saturated carbocycles. The van der Waals surface area contributed by atoms with Crippen LogP contribution < -0.4 is 15.4 Å². The van der Waals surface area contributed by atoms with E-state index in [0.717, 1.165) is 0 Å². The van der Waals surface area contributed by atoms with Gasteiger partial charge in [-0.2, -0.15) is 0 Å². The molecule has 0 unspecified atom stereocenters. The fourth-order valence-corrected chi connectivity index (χ4v) is 3.66. The third-order valence-electron chi connectivity index (χ3n) is 3.61. The van der Waals surface area contributed by atoms with Gasteiger partial charge < -0.3 is 15.4 Å². The molecule has 2 N–H and O–H groups in total. The van der Waals surface area contributed by atoms with Gasteiger partial charge >= 0.3 is 0 Å². The number of para-hydroxylation sites is 1. The number of rotatable bonds is 5. The Morgan fingerprint density at radius 1 is 1.12 bits per heavy atom. The second kappa shape index (κ2) is 6.94. The fraction of sp³-hybridized carbons (Fsp3) is 0.176. The van der Waals surface area contributed by atoms with Crippen LogP contribution in [0.4, 0.5) is 11.4 Å². The van der Waals surface area contributed by atoms with Crippen molar-refractivity contribution in [2.75, 3.05) is 23.0 Å². The summed E-state index contributed by atoms with van der Waals surface area (Å²) < 4.78 is 29.7. The van der Waals surface area contributed by atoms with Crippen molar-refractivity contribution in [1.29, 1.82) is 0 Å². The number of ether oxygens (including phenoxy) is 1. The first-order chi connectivity index (χ1) is 12.0. The smallest absolute Gasteiger partial charge is 0.262 e. The van der Waals surface area contributed by atoms with Crippen molar-refractivity contribution < 1.29 is 22.7 Å². The summed E-state index contributed by atoms with van der Waals surface area (Å²) in [5, 5.41) is 5.27. The number of anilines is 2. The van der Waals surface area contributed by atoms with Gasteiger partial charge in [0, 0.05) is 6.42 Å². The van der Waals surface area contributed by atoms with Crippen LogP contribution in [-0.4, -0.2) is 32.6 Å². The van der Waals surface area contributed by atoms with Gasteiger partial charge in [-0.1, -0.05) is 24.3 Å². The molecule has 0 aliphatic carbocycles. The highest BCUT2D eigenvalue weighted by atomic mass is 32.2. The van der Waals surface area contributed by atoms with E-state index in [2.05, 4.69) is 10.6 Å². The van der Waals surface area contributed by atoms with E-state index < -0.39 is 15.7 Å². The number of sulfone groups is 1. The molecule has 130 valence electrons. The summed E-state index contributed by atoms with van der Waals surface area (Å²) in [4.78, 5) is 23.6. The van der Waals surface area contributed by atoms with E-state index in [-0.39, 0.29) is 29.6 Å². The molecule has 25 heavy (non-hydrogen) atoms. The monoisotopic (exact) mass is 360 g/mol. The van der Waals surface area contributed by atoms with Gasteiger partial charge in [0.2, 0.25) is 5.91 Å². The molecule has 3 rings (SSSR count). The fourth-order valence-electron chi connectivity index (χ4n) is 2.40. The predicted molar refractivity (Wildman–Crippen MR) is 92.3 cm³/mol. The Labute approximate surface area is 144 Å². The molecule has 0 aromatic heterocycles. The molecule has 0 radical (unpaired) electrons. The van der Waals surface area contributed by atoms with Crippen LogP contribution in [0.1, 0.15) is 6.42 Å². The molecule has 2 amide bonds. The van der Waals surface area contributed by atoms with Crippen LogP contribution in [0.2, 0.25) is 0 Å². The second-order valence-electron chi connectivity index (χ2n) is 5.45. The third kappa shape index (κ3) is 3.97. The Kier molecular flexibility index (Phi) is 4.71. The van der Waals surface area contributed by atoms with E-state index in [4.69, 9.17) is 4.74 Å². The van der Waals surface area contributed by atoms with Gasteiger partial charge in [0.05, 0.1) is 22.0 Å². The van der Waals surface area contributed by atoms with Crippen LogP contribution in [0.15, 0.2) is 53.4 Å². The van der Waals surface area contributed by atoms with E-state index in [1.165, 1.54) is 12.1 Å². The predicted octanol–water partition coefficient (Wildman–Crippen LogP) is 1.82. The van der Waals surface area contributed by atoms with E-state index in [9.17, 15) is 18.0 Å². The van der Waals surface area contributed by atoms with E-state index in [0.29, 0.717) is 17.1 Å². The zero-order valence-corrected chi connectivity index (χ0v) is 14.0. The van der Waals surface area contributed by atoms with Crippen molar-refractivity contribution in [2.45, 2.75) is 11.3 Å². The van der Waals surface area contributed by atoms with Crippen molar-refractivity contribution in [1.82, 2.24) is 0 Å². The van der Waals surface area contributed by atoms with Crippen LogP contribution in [0.25, 0.3) is 0 Å².